The third kappa shape index (κ3) is 1.81. The molecule has 0 amide bonds. The van der Waals surface area contributed by atoms with Gasteiger partial charge in [-0.2, -0.15) is 0 Å². The minimum atomic E-state index is 1.22. The average molecular weight is 303 g/mol. The average Bonchev–Trinajstić information content (AvgIpc) is 2.68. The van der Waals surface area contributed by atoms with Crippen LogP contribution in [-0.4, -0.2) is 0 Å². The summed E-state index contributed by atoms with van der Waals surface area (Å²) in [6.45, 7) is 2.16. The molecule has 0 aliphatic heterocycles. The summed E-state index contributed by atoms with van der Waals surface area (Å²) >= 11 is 5.58. The lowest BCUT2D eigenvalue weighted by Crippen LogP contribution is -1.78. The molecule has 0 aliphatic rings. The molecule has 2 aromatic carbocycles. The fourth-order valence-corrected chi connectivity index (χ4v) is 4.13. The zero-order valence-corrected chi connectivity index (χ0v) is 11.8. The van der Waals surface area contributed by atoms with Crippen molar-refractivity contribution in [1.82, 2.24) is 0 Å². The number of halogens is 1. The normalized spacial score (nSPS) is 10.9. The Hall–Kier alpha value is -1.12. The summed E-state index contributed by atoms with van der Waals surface area (Å²) in [5.74, 6) is 0. The van der Waals surface area contributed by atoms with Gasteiger partial charge in [-0.25, -0.2) is 0 Å². The maximum atomic E-state index is 3.73. The molecule has 0 fully saturated rings. The van der Waals surface area contributed by atoms with Gasteiger partial charge in [0.15, 0.2) is 0 Å². The van der Waals surface area contributed by atoms with Crippen LogP contribution in [0.5, 0.6) is 0 Å². The fraction of sp³-hybridized carbons (Fsp3) is 0.0667. The highest BCUT2D eigenvalue weighted by Gasteiger charge is 2.12. The Bertz CT molecular complexity index is 682. The molecule has 1 heterocycles. The first-order chi connectivity index (χ1) is 8.27. The van der Waals surface area contributed by atoms with Crippen molar-refractivity contribution in [3.8, 4) is 10.4 Å². The molecule has 0 spiro atoms. The van der Waals surface area contributed by atoms with E-state index in [1.54, 1.807) is 0 Å². The maximum Gasteiger partial charge on any atom is 0.0500 e. The van der Waals surface area contributed by atoms with Crippen molar-refractivity contribution in [2.45, 2.75) is 6.92 Å². The highest BCUT2D eigenvalue weighted by atomic mass is 79.9. The number of rotatable bonds is 1. The van der Waals surface area contributed by atoms with E-state index in [-0.39, 0.29) is 0 Å². The van der Waals surface area contributed by atoms with Crippen molar-refractivity contribution in [2.75, 3.05) is 0 Å². The van der Waals surface area contributed by atoms with Crippen LogP contribution in [0.2, 0.25) is 0 Å². The van der Waals surface area contributed by atoms with Crippen LogP contribution in [0.4, 0.5) is 0 Å². The zero-order chi connectivity index (χ0) is 11.8. The zero-order valence-electron chi connectivity index (χ0n) is 9.41. The number of benzene rings is 2. The summed E-state index contributed by atoms with van der Waals surface area (Å²) in [5.41, 5.74) is 2.64. The van der Waals surface area contributed by atoms with Gasteiger partial charge in [0.2, 0.25) is 0 Å². The lowest BCUT2D eigenvalue weighted by molar-refractivity contribution is 1.48. The van der Waals surface area contributed by atoms with Crippen molar-refractivity contribution in [2.24, 2.45) is 0 Å². The van der Waals surface area contributed by atoms with Gasteiger partial charge < -0.3 is 0 Å². The largest absolute Gasteiger partial charge is 0.134 e. The van der Waals surface area contributed by atoms with E-state index in [1.807, 2.05) is 11.3 Å². The minimum Gasteiger partial charge on any atom is -0.134 e. The molecule has 0 aliphatic carbocycles. The Morgan fingerprint density at radius 3 is 2.41 bits per heavy atom. The van der Waals surface area contributed by atoms with E-state index < -0.39 is 0 Å². The van der Waals surface area contributed by atoms with Gasteiger partial charge in [0.05, 0.1) is 0 Å². The number of aryl methyl sites for hydroxylation is 1. The Balaban J connectivity index is 2.32. The molecule has 17 heavy (non-hydrogen) atoms. The van der Waals surface area contributed by atoms with E-state index in [0.29, 0.717) is 0 Å². The lowest BCUT2D eigenvalue weighted by Gasteiger charge is -2.02. The van der Waals surface area contributed by atoms with E-state index in [2.05, 4.69) is 71.4 Å². The molecule has 0 atom stereocenters. The maximum absolute atomic E-state index is 3.73. The molecular formula is C15H11BrS. The third-order valence-electron chi connectivity index (χ3n) is 2.92. The molecule has 0 saturated carbocycles. The molecule has 3 rings (SSSR count). The van der Waals surface area contributed by atoms with E-state index >= 15 is 0 Å². The fourth-order valence-electron chi connectivity index (χ4n) is 2.01. The van der Waals surface area contributed by atoms with Crippen LogP contribution < -0.4 is 0 Å². The summed E-state index contributed by atoms with van der Waals surface area (Å²) in [6.07, 6.45) is 0. The van der Waals surface area contributed by atoms with Gasteiger partial charge in [-0.1, -0.05) is 42.5 Å². The second-order valence-electron chi connectivity index (χ2n) is 4.06. The Morgan fingerprint density at radius 1 is 0.941 bits per heavy atom. The van der Waals surface area contributed by atoms with E-state index in [0.717, 1.165) is 0 Å². The topological polar surface area (TPSA) is 0 Å². The molecule has 0 saturated heterocycles. The van der Waals surface area contributed by atoms with Gasteiger partial charge in [0.25, 0.3) is 0 Å². The van der Waals surface area contributed by atoms with Crippen LogP contribution >= 0.6 is 27.3 Å². The van der Waals surface area contributed by atoms with E-state index in [1.165, 1.54) is 30.6 Å². The van der Waals surface area contributed by atoms with Crippen molar-refractivity contribution in [3.05, 3.63) is 58.6 Å². The molecule has 1 aromatic heterocycles. The summed E-state index contributed by atoms with van der Waals surface area (Å²) < 4.78 is 2.55. The first kappa shape index (κ1) is 11.0. The Labute approximate surface area is 113 Å². The SMILES string of the molecule is Cc1ccccc1-c1sc2ccccc2c1Br. The van der Waals surface area contributed by atoms with Crippen LogP contribution in [0.1, 0.15) is 5.56 Å². The number of hydrogen-bond acceptors (Lipinski definition) is 1. The molecule has 0 nitrogen and oxygen atoms in total. The predicted octanol–water partition coefficient (Wildman–Crippen LogP) is 5.64. The van der Waals surface area contributed by atoms with E-state index in [9.17, 15) is 0 Å². The molecule has 2 heteroatoms. The summed E-state index contributed by atoms with van der Waals surface area (Å²) in [5, 5.41) is 1.30. The van der Waals surface area contributed by atoms with Gasteiger partial charge in [-0.3, -0.25) is 0 Å². The van der Waals surface area contributed by atoms with Gasteiger partial charge in [-0.05, 0) is 40.0 Å². The van der Waals surface area contributed by atoms with Gasteiger partial charge in [0, 0.05) is 19.4 Å². The van der Waals surface area contributed by atoms with Crippen LogP contribution in [0.25, 0.3) is 20.5 Å². The van der Waals surface area contributed by atoms with Crippen molar-refractivity contribution in [1.29, 1.82) is 0 Å². The minimum absolute atomic E-state index is 1.22. The number of hydrogen-bond donors (Lipinski definition) is 0. The Kier molecular flexibility index (Phi) is 2.77. The molecule has 3 aromatic rings. The quantitative estimate of drug-likeness (QED) is 0.546. The highest BCUT2D eigenvalue weighted by Crippen LogP contribution is 2.42. The van der Waals surface area contributed by atoms with Gasteiger partial charge >= 0.3 is 0 Å². The highest BCUT2D eigenvalue weighted by molar-refractivity contribution is 9.10. The molecule has 0 N–H and O–H groups in total. The molecule has 0 radical (unpaired) electrons. The number of thiophene rings is 1. The first-order valence-electron chi connectivity index (χ1n) is 5.50. The predicted molar refractivity (Wildman–Crippen MR) is 79.7 cm³/mol. The van der Waals surface area contributed by atoms with E-state index in [4.69, 9.17) is 0 Å². The van der Waals surface area contributed by atoms with Crippen LogP contribution in [0.3, 0.4) is 0 Å². The van der Waals surface area contributed by atoms with Crippen molar-refractivity contribution >= 4 is 37.4 Å². The molecule has 0 bridgehead atoms. The van der Waals surface area contributed by atoms with Gasteiger partial charge in [0.1, 0.15) is 0 Å². The van der Waals surface area contributed by atoms with Crippen LogP contribution in [0, 0.1) is 6.92 Å². The second kappa shape index (κ2) is 4.28. The summed E-state index contributed by atoms with van der Waals surface area (Å²) in [4.78, 5) is 1.32. The smallest absolute Gasteiger partial charge is 0.0500 e. The first-order valence-corrected chi connectivity index (χ1v) is 7.11. The lowest BCUT2D eigenvalue weighted by atomic mass is 10.1. The Morgan fingerprint density at radius 2 is 1.65 bits per heavy atom. The third-order valence-corrected chi connectivity index (χ3v) is 5.21. The molecule has 84 valence electrons. The van der Waals surface area contributed by atoms with Crippen molar-refractivity contribution < 1.29 is 0 Å². The standard InChI is InChI=1S/C15H11BrS/c1-10-6-2-3-7-11(10)15-14(16)12-8-4-5-9-13(12)17-15/h2-9H,1H3. The van der Waals surface area contributed by atoms with Crippen LogP contribution in [-0.2, 0) is 0 Å². The second-order valence-corrected chi connectivity index (χ2v) is 5.90. The summed E-state index contributed by atoms with van der Waals surface area (Å²) in [6, 6.07) is 17.0. The number of fused-ring (bicyclic) bond motifs is 1. The van der Waals surface area contributed by atoms with Crippen LogP contribution in [0.15, 0.2) is 53.0 Å². The summed E-state index contributed by atoms with van der Waals surface area (Å²) in [7, 11) is 0. The van der Waals surface area contributed by atoms with Crippen molar-refractivity contribution in [3.63, 3.8) is 0 Å². The monoisotopic (exact) mass is 302 g/mol. The van der Waals surface area contributed by atoms with Gasteiger partial charge in [-0.15, -0.1) is 11.3 Å². The molecule has 0 unspecified atom stereocenters. The molecular weight excluding hydrogens is 292 g/mol.